The highest BCUT2D eigenvalue weighted by Crippen LogP contribution is 2.38. The van der Waals surface area contributed by atoms with E-state index in [9.17, 15) is 35.9 Å². The zero-order valence-electron chi connectivity index (χ0n) is 19.7. The molecule has 0 aliphatic heterocycles. The van der Waals surface area contributed by atoms with Crippen LogP contribution in [0.1, 0.15) is 50.7 Å². The first-order chi connectivity index (χ1) is 16.9. The number of nitrogens with zero attached hydrogens (tertiary/aromatic N) is 4. The number of benzene rings is 1. The van der Waals surface area contributed by atoms with Gasteiger partial charge in [-0.1, -0.05) is 32.3 Å². The number of nitrogens with one attached hydrogen (secondary N) is 1. The average Bonchev–Trinajstić information content (AvgIpc) is 3.28. The van der Waals surface area contributed by atoms with E-state index in [0.29, 0.717) is 43.3 Å². The fourth-order valence-electron chi connectivity index (χ4n) is 3.83. The number of carbonyl (C=O) groups excluding carboxylic acids is 2. The number of amides is 2. The number of hydrazine groups is 1. The minimum atomic E-state index is -4.90. The molecule has 198 valence electrons. The van der Waals surface area contributed by atoms with Crippen molar-refractivity contribution < 1.29 is 35.9 Å². The molecule has 2 aromatic rings. The molecule has 0 bridgehead atoms. The zero-order valence-corrected chi connectivity index (χ0v) is 19.7. The van der Waals surface area contributed by atoms with Crippen LogP contribution in [-0.2, 0) is 21.9 Å². The lowest BCUT2D eigenvalue weighted by Gasteiger charge is -2.31. The van der Waals surface area contributed by atoms with Gasteiger partial charge in [-0.15, -0.1) is 5.10 Å². The molecule has 0 saturated heterocycles. The van der Waals surface area contributed by atoms with E-state index in [1.807, 2.05) is 0 Å². The molecule has 7 nitrogen and oxygen atoms in total. The summed E-state index contributed by atoms with van der Waals surface area (Å²) in [6, 6.07) is 1.24. The van der Waals surface area contributed by atoms with Gasteiger partial charge in [0.1, 0.15) is 6.33 Å². The number of halogens is 6. The first-order valence-electron chi connectivity index (χ1n) is 11.1. The number of aromatic nitrogens is 3. The van der Waals surface area contributed by atoms with Gasteiger partial charge in [0.2, 0.25) is 12.8 Å². The van der Waals surface area contributed by atoms with E-state index in [4.69, 9.17) is 0 Å². The van der Waals surface area contributed by atoms with Gasteiger partial charge in [-0.05, 0) is 43.4 Å². The lowest BCUT2D eigenvalue weighted by Crippen LogP contribution is -2.41. The van der Waals surface area contributed by atoms with Crippen molar-refractivity contribution >= 4 is 19.0 Å². The van der Waals surface area contributed by atoms with Gasteiger partial charge in [-0.3, -0.25) is 20.0 Å². The average molecular weight is 519 g/mol. The predicted octanol–water partition coefficient (Wildman–Crippen LogP) is 5.41. The Hall–Kier alpha value is -3.38. The van der Waals surface area contributed by atoms with E-state index < -0.39 is 23.5 Å². The highest BCUT2D eigenvalue weighted by atomic mass is 19.4. The third-order valence-electron chi connectivity index (χ3n) is 5.72. The third kappa shape index (κ3) is 8.38. The Morgan fingerprint density at radius 1 is 1.06 bits per heavy atom. The Labute approximate surface area is 204 Å². The second-order valence-electron chi connectivity index (χ2n) is 8.35. The third-order valence-corrected chi connectivity index (χ3v) is 5.72. The lowest BCUT2D eigenvalue weighted by atomic mass is 9.80. The summed E-state index contributed by atoms with van der Waals surface area (Å²) >= 11 is 0. The SMILES string of the molecule is C/C=C\n1cnc(-c2cc(C(F)(F)F)cc(C(F)(F)F)c2)n1.CC1CCCCC1CN(C=O)NC=O. The number of allylic oxidation sites excluding steroid dienone is 1. The second kappa shape index (κ2) is 12.5. The predicted molar refractivity (Wildman–Crippen MR) is 120 cm³/mol. The maximum Gasteiger partial charge on any atom is 0.416 e. The molecule has 36 heavy (non-hydrogen) atoms. The maximum absolute atomic E-state index is 12.8. The molecule has 1 aromatic heterocycles. The van der Waals surface area contributed by atoms with Crippen molar-refractivity contribution in [1.82, 2.24) is 25.2 Å². The van der Waals surface area contributed by atoms with Crippen molar-refractivity contribution in [1.29, 1.82) is 0 Å². The molecule has 0 spiro atoms. The molecule has 2 unspecified atom stereocenters. The van der Waals surface area contributed by atoms with Gasteiger partial charge in [0.25, 0.3) is 0 Å². The van der Waals surface area contributed by atoms with Crippen LogP contribution in [-0.4, -0.2) is 39.1 Å². The van der Waals surface area contributed by atoms with Crippen LogP contribution >= 0.6 is 0 Å². The molecular weight excluding hydrogens is 492 g/mol. The molecule has 1 aliphatic rings. The Balaban J connectivity index is 0.000000281. The fraction of sp³-hybridized carbons (Fsp3) is 0.478. The maximum atomic E-state index is 12.8. The summed E-state index contributed by atoms with van der Waals surface area (Å²) in [5.41, 5.74) is -0.777. The zero-order chi connectivity index (χ0) is 26.9. The summed E-state index contributed by atoms with van der Waals surface area (Å²) in [7, 11) is 0. The van der Waals surface area contributed by atoms with Gasteiger partial charge in [0.15, 0.2) is 5.82 Å². The van der Waals surface area contributed by atoms with Gasteiger partial charge in [-0.2, -0.15) is 26.3 Å². The molecule has 3 rings (SSSR count). The van der Waals surface area contributed by atoms with Crippen LogP contribution in [0.25, 0.3) is 17.6 Å². The summed E-state index contributed by atoms with van der Waals surface area (Å²) < 4.78 is 77.7. The van der Waals surface area contributed by atoms with Crippen molar-refractivity contribution in [3.63, 3.8) is 0 Å². The minimum Gasteiger partial charge on any atom is -0.277 e. The standard InChI is InChI=1S/C13H9F6N3.C10H18N2O2/c1-2-3-22-7-20-11(21-22)8-4-9(12(14,15)16)6-10(5-8)13(17,18)19;1-9-4-2-3-5-10(9)6-12(8-14)11-7-13/h2-7H,1H3;7-10H,2-6H2,1H3,(H,11,13)/b3-2-;. The summed E-state index contributed by atoms with van der Waals surface area (Å²) in [6.07, 6.45) is 0.567. The number of hydrogen-bond donors (Lipinski definition) is 1. The van der Waals surface area contributed by atoms with Crippen LogP contribution in [0.15, 0.2) is 30.6 Å². The van der Waals surface area contributed by atoms with Gasteiger partial charge in [-0.25, -0.2) is 9.67 Å². The van der Waals surface area contributed by atoms with Crippen molar-refractivity contribution in [3.8, 4) is 11.4 Å². The summed E-state index contributed by atoms with van der Waals surface area (Å²) in [6.45, 7) is 4.53. The van der Waals surface area contributed by atoms with E-state index in [1.165, 1.54) is 41.5 Å². The molecule has 1 aliphatic carbocycles. The van der Waals surface area contributed by atoms with Crippen molar-refractivity contribution in [2.75, 3.05) is 6.54 Å². The number of carbonyl (C=O) groups is 2. The van der Waals surface area contributed by atoms with Crippen LogP contribution in [0, 0.1) is 11.8 Å². The van der Waals surface area contributed by atoms with Crippen LogP contribution in [0.4, 0.5) is 26.3 Å². The molecule has 1 heterocycles. The fourth-order valence-corrected chi connectivity index (χ4v) is 3.83. The lowest BCUT2D eigenvalue weighted by molar-refractivity contribution is -0.143. The van der Waals surface area contributed by atoms with Crippen molar-refractivity contribution in [2.24, 2.45) is 11.8 Å². The minimum absolute atomic E-state index is 0.0619. The van der Waals surface area contributed by atoms with Crippen LogP contribution in [0.3, 0.4) is 0 Å². The Kier molecular flexibility index (Phi) is 10.1. The van der Waals surface area contributed by atoms with E-state index in [2.05, 4.69) is 22.4 Å². The quantitative estimate of drug-likeness (QED) is 0.302. The molecule has 1 fully saturated rings. The second-order valence-corrected chi connectivity index (χ2v) is 8.35. The van der Waals surface area contributed by atoms with Gasteiger partial charge in [0, 0.05) is 18.3 Å². The smallest absolute Gasteiger partial charge is 0.277 e. The van der Waals surface area contributed by atoms with E-state index in [0.717, 1.165) is 6.42 Å². The summed E-state index contributed by atoms with van der Waals surface area (Å²) in [5.74, 6) is 0.954. The molecule has 13 heteroatoms. The highest BCUT2D eigenvalue weighted by molar-refractivity contribution is 5.58. The first kappa shape index (κ1) is 28.9. The number of rotatable bonds is 7. The van der Waals surface area contributed by atoms with E-state index in [-0.39, 0.29) is 17.5 Å². The highest BCUT2D eigenvalue weighted by Gasteiger charge is 2.37. The molecule has 0 radical (unpaired) electrons. The normalized spacial score (nSPS) is 18.3. The molecule has 2 atom stereocenters. The van der Waals surface area contributed by atoms with E-state index in [1.54, 1.807) is 13.0 Å². The molecular formula is C23H27F6N5O2. The van der Waals surface area contributed by atoms with E-state index >= 15 is 0 Å². The molecule has 1 N–H and O–H groups in total. The number of alkyl halides is 6. The molecule has 2 amide bonds. The summed E-state index contributed by atoms with van der Waals surface area (Å²) in [4.78, 5) is 24.5. The van der Waals surface area contributed by atoms with Crippen molar-refractivity contribution in [2.45, 2.75) is 51.9 Å². The monoisotopic (exact) mass is 519 g/mol. The molecule has 1 aromatic carbocycles. The Morgan fingerprint density at radius 3 is 2.17 bits per heavy atom. The largest absolute Gasteiger partial charge is 0.416 e. The Morgan fingerprint density at radius 2 is 1.67 bits per heavy atom. The Bertz CT molecular complexity index is 1000. The van der Waals surface area contributed by atoms with Crippen LogP contribution in [0.2, 0.25) is 0 Å². The molecule has 1 saturated carbocycles. The summed E-state index contributed by atoms with van der Waals surface area (Å²) in [5, 5.41) is 5.13. The first-order valence-corrected chi connectivity index (χ1v) is 11.1. The van der Waals surface area contributed by atoms with Crippen molar-refractivity contribution in [3.05, 3.63) is 41.7 Å². The van der Waals surface area contributed by atoms with Gasteiger partial charge in [0.05, 0.1) is 11.1 Å². The number of hydrogen-bond acceptors (Lipinski definition) is 4. The van der Waals surface area contributed by atoms with Gasteiger partial charge >= 0.3 is 12.4 Å². The topological polar surface area (TPSA) is 80.1 Å². The van der Waals surface area contributed by atoms with Crippen LogP contribution < -0.4 is 5.43 Å². The van der Waals surface area contributed by atoms with Gasteiger partial charge < -0.3 is 0 Å². The van der Waals surface area contributed by atoms with Crippen LogP contribution in [0.5, 0.6) is 0 Å².